The average Bonchev–Trinajstić information content (AvgIpc) is 2.37. The van der Waals surface area contributed by atoms with E-state index >= 15 is 0 Å². The maximum atomic E-state index is 5.62. The summed E-state index contributed by atoms with van der Waals surface area (Å²) in [7, 11) is 3.39. The van der Waals surface area contributed by atoms with Gasteiger partial charge in [0.25, 0.3) is 0 Å². The molecule has 0 radical (unpaired) electrons. The van der Waals surface area contributed by atoms with E-state index in [2.05, 4.69) is 21.2 Å². The van der Waals surface area contributed by atoms with Crippen molar-refractivity contribution in [1.82, 2.24) is 0 Å². The third-order valence-corrected chi connectivity index (χ3v) is 3.82. The number of halogens is 1. The van der Waals surface area contributed by atoms with E-state index in [9.17, 15) is 0 Å². The van der Waals surface area contributed by atoms with Gasteiger partial charge in [-0.15, -0.1) is 0 Å². The molecule has 1 saturated carbocycles. The lowest BCUT2D eigenvalue weighted by Gasteiger charge is -2.43. The number of hydrogen-bond donors (Lipinski definition) is 1. The molecule has 4 nitrogen and oxygen atoms in total. The van der Waals surface area contributed by atoms with Crippen molar-refractivity contribution in [2.24, 2.45) is 0 Å². The van der Waals surface area contributed by atoms with E-state index in [0.29, 0.717) is 0 Å². The van der Waals surface area contributed by atoms with Gasteiger partial charge in [-0.3, -0.25) is 0 Å². The SMILES string of the molecule is CCOC1CC(Nc2cc(Br)cc(OC)c2)C1OC. The van der Waals surface area contributed by atoms with Gasteiger partial charge in [-0.05, 0) is 25.5 Å². The van der Waals surface area contributed by atoms with Crippen molar-refractivity contribution in [3.63, 3.8) is 0 Å². The molecule has 1 aliphatic rings. The van der Waals surface area contributed by atoms with Crippen LogP contribution in [0.1, 0.15) is 13.3 Å². The molecule has 5 heteroatoms. The van der Waals surface area contributed by atoms with Crippen LogP contribution in [0.25, 0.3) is 0 Å². The lowest BCUT2D eigenvalue weighted by Crippen LogP contribution is -2.56. The third-order valence-electron chi connectivity index (χ3n) is 3.36. The molecule has 1 fully saturated rings. The Bertz CT molecular complexity index is 427. The van der Waals surface area contributed by atoms with Crippen molar-refractivity contribution < 1.29 is 14.2 Å². The maximum absolute atomic E-state index is 5.62. The van der Waals surface area contributed by atoms with E-state index in [1.54, 1.807) is 14.2 Å². The Morgan fingerprint density at radius 2 is 2.11 bits per heavy atom. The van der Waals surface area contributed by atoms with Gasteiger partial charge in [-0.1, -0.05) is 15.9 Å². The zero-order valence-corrected chi connectivity index (χ0v) is 13.1. The van der Waals surface area contributed by atoms with E-state index in [-0.39, 0.29) is 18.2 Å². The zero-order valence-electron chi connectivity index (χ0n) is 11.5. The molecular formula is C14H20BrNO3. The molecule has 3 unspecified atom stereocenters. The largest absolute Gasteiger partial charge is 0.497 e. The lowest BCUT2D eigenvalue weighted by molar-refractivity contribution is -0.118. The van der Waals surface area contributed by atoms with Gasteiger partial charge in [-0.25, -0.2) is 0 Å². The highest BCUT2D eigenvalue weighted by molar-refractivity contribution is 9.10. The first-order valence-electron chi connectivity index (χ1n) is 6.43. The smallest absolute Gasteiger partial charge is 0.122 e. The summed E-state index contributed by atoms with van der Waals surface area (Å²) in [6.45, 7) is 2.73. The molecule has 3 atom stereocenters. The summed E-state index contributed by atoms with van der Waals surface area (Å²) in [5.74, 6) is 0.825. The number of methoxy groups -OCH3 is 2. The Kier molecular flexibility index (Phi) is 5.07. The molecule has 0 heterocycles. The summed E-state index contributed by atoms with van der Waals surface area (Å²) in [6.07, 6.45) is 1.26. The Morgan fingerprint density at radius 3 is 2.74 bits per heavy atom. The number of ether oxygens (including phenoxy) is 3. The van der Waals surface area contributed by atoms with Gasteiger partial charge in [0.15, 0.2) is 0 Å². The molecule has 19 heavy (non-hydrogen) atoms. The van der Waals surface area contributed by atoms with Crippen molar-refractivity contribution in [3.8, 4) is 5.75 Å². The summed E-state index contributed by atoms with van der Waals surface area (Å²) < 4.78 is 17.4. The Morgan fingerprint density at radius 1 is 1.32 bits per heavy atom. The molecule has 1 aliphatic carbocycles. The normalized spacial score (nSPS) is 25.8. The van der Waals surface area contributed by atoms with E-state index in [0.717, 1.165) is 28.9 Å². The van der Waals surface area contributed by atoms with E-state index in [1.165, 1.54) is 0 Å². The summed E-state index contributed by atoms with van der Waals surface area (Å²) in [5.41, 5.74) is 1.02. The zero-order chi connectivity index (χ0) is 13.8. The van der Waals surface area contributed by atoms with Crippen molar-refractivity contribution in [3.05, 3.63) is 22.7 Å². The Labute approximate surface area is 122 Å². The lowest BCUT2D eigenvalue weighted by atomic mass is 9.85. The molecular weight excluding hydrogens is 310 g/mol. The van der Waals surface area contributed by atoms with Gasteiger partial charge < -0.3 is 19.5 Å². The van der Waals surface area contributed by atoms with Crippen LogP contribution in [0.5, 0.6) is 5.75 Å². The highest BCUT2D eigenvalue weighted by Gasteiger charge is 2.42. The molecule has 0 saturated heterocycles. The number of nitrogens with one attached hydrogen (secondary N) is 1. The maximum Gasteiger partial charge on any atom is 0.122 e. The van der Waals surface area contributed by atoms with Gasteiger partial charge in [0.2, 0.25) is 0 Å². The minimum absolute atomic E-state index is 0.102. The third kappa shape index (κ3) is 3.41. The fraction of sp³-hybridized carbons (Fsp3) is 0.571. The highest BCUT2D eigenvalue weighted by atomic mass is 79.9. The molecule has 1 aromatic rings. The first-order valence-corrected chi connectivity index (χ1v) is 7.22. The van der Waals surface area contributed by atoms with Crippen LogP contribution >= 0.6 is 15.9 Å². The number of anilines is 1. The standard InChI is InChI=1S/C14H20BrNO3/c1-4-19-13-8-12(14(13)18-3)16-10-5-9(15)6-11(7-10)17-2/h5-7,12-14,16H,4,8H2,1-3H3. The minimum atomic E-state index is 0.102. The molecule has 0 amide bonds. The van der Waals surface area contributed by atoms with Gasteiger partial charge >= 0.3 is 0 Å². The van der Waals surface area contributed by atoms with Crippen molar-refractivity contribution in [1.29, 1.82) is 0 Å². The highest BCUT2D eigenvalue weighted by Crippen LogP contribution is 2.32. The van der Waals surface area contributed by atoms with Crippen molar-refractivity contribution in [2.45, 2.75) is 31.6 Å². The molecule has 1 N–H and O–H groups in total. The predicted octanol–water partition coefficient (Wildman–Crippen LogP) is 3.06. The van der Waals surface area contributed by atoms with E-state index in [4.69, 9.17) is 14.2 Å². The number of hydrogen-bond acceptors (Lipinski definition) is 4. The first kappa shape index (κ1) is 14.6. The van der Waals surface area contributed by atoms with Crippen LogP contribution in [-0.2, 0) is 9.47 Å². The molecule has 0 spiro atoms. The van der Waals surface area contributed by atoms with Crippen LogP contribution in [0.2, 0.25) is 0 Å². The average molecular weight is 330 g/mol. The molecule has 106 valence electrons. The Hall–Kier alpha value is -0.780. The summed E-state index contributed by atoms with van der Waals surface area (Å²) in [4.78, 5) is 0. The van der Waals surface area contributed by atoms with Gasteiger partial charge in [-0.2, -0.15) is 0 Å². The summed E-state index contributed by atoms with van der Waals surface area (Å²) >= 11 is 3.48. The van der Waals surface area contributed by atoms with Gasteiger partial charge in [0.1, 0.15) is 11.9 Å². The van der Waals surface area contributed by atoms with E-state index in [1.807, 2.05) is 25.1 Å². The second-order valence-electron chi connectivity index (χ2n) is 4.56. The molecule has 0 aliphatic heterocycles. The predicted molar refractivity (Wildman–Crippen MR) is 78.9 cm³/mol. The monoisotopic (exact) mass is 329 g/mol. The quantitative estimate of drug-likeness (QED) is 0.870. The second kappa shape index (κ2) is 6.59. The van der Waals surface area contributed by atoms with Crippen LogP contribution in [0.4, 0.5) is 5.69 Å². The van der Waals surface area contributed by atoms with E-state index < -0.39 is 0 Å². The first-order chi connectivity index (χ1) is 9.17. The van der Waals surface area contributed by atoms with Crippen LogP contribution in [0.3, 0.4) is 0 Å². The Balaban J connectivity index is 2.00. The number of benzene rings is 1. The molecule has 0 bridgehead atoms. The van der Waals surface area contributed by atoms with Crippen LogP contribution in [-0.4, -0.2) is 39.1 Å². The van der Waals surface area contributed by atoms with Crippen molar-refractivity contribution in [2.75, 3.05) is 26.1 Å². The fourth-order valence-electron chi connectivity index (χ4n) is 2.39. The fourth-order valence-corrected chi connectivity index (χ4v) is 2.87. The van der Waals surface area contributed by atoms with Gasteiger partial charge in [0.05, 0.1) is 19.3 Å². The number of rotatable bonds is 6. The van der Waals surface area contributed by atoms with Crippen LogP contribution < -0.4 is 10.1 Å². The summed E-state index contributed by atoms with van der Waals surface area (Å²) in [5, 5.41) is 3.47. The molecule has 2 rings (SSSR count). The minimum Gasteiger partial charge on any atom is -0.497 e. The second-order valence-corrected chi connectivity index (χ2v) is 5.48. The van der Waals surface area contributed by atoms with Crippen LogP contribution in [0, 0.1) is 0 Å². The van der Waals surface area contributed by atoms with Crippen molar-refractivity contribution >= 4 is 21.6 Å². The van der Waals surface area contributed by atoms with Gasteiger partial charge in [0, 0.05) is 29.9 Å². The molecule has 0 aromatic heterocycles. The molecule has 1 aromatic carbocycles. The van der Waals surface area contributed by atoms with Crippen LogP contribution in [0.15, 0.2) is 22.7 Å². The summed E-state index contributed by atoms with van der Waals surface area (Å²) in [6, 6.07) is 6.22. The topological polar surface area (TPSA) is 39.7 Å².